The number of carbonyl (C=O) groups is 2. The second-order valence-electron chi connectivity index (χ2n) is 13.4. The van der Waals surface area contributed by atoms with Crippen LogP contribution < -0.4 is 0 Å². The van der Waals surface area contributed by atoms with E-state index in [9.17, 15) is 24.2 Å². The highest BCUT2D eigenvalue weighted by Crippen LogP contribution is 2.43. The van der Waals surface area contributed by atoms with E-state index >= 15 is 0 Å². The number of unbranched alkanes of at least 4 members (excludes halogenated alkanes) is 16. The summed E-state index contributed by atoms with van der Waals surface area (Å²) in [5.74, 6) is -1.01. The van der Waals surface area contributed by atoms with E-state index in [0.29, 0.717) is 12.8 Å². The van der Waals surface area contributed by atoms with Crippen LogP contribution in [0.15, 0.2) is 60.8 Å². The van der Waals surface area contributed by atoms with Gasteiger partial charge in [-0.15, -0.1) is 0 Å². The first kappa shape index (κ1) is 50.7. The second kappa shape index (κ2) is 38.0. The zero-order valence-corrected chi connectivity index (χ0v) is 33.9. The van der Waals surface area contributed by atoms with Gasteiger partial charge in [-0.3, -0.25) is 18.6 Å². The maximum absolute atomic E-state index is 12.6. The lowest BCUT2D eigenvalue weighted by Crippen LogP contribution is -2.29. The quantitative estimate of drug-likeness (QED) is 0.0183. The van der Waals surface area contributed by atoms with Crippen LogP contribution in [-0.4, -0.2) is 65.7 Å². The SMILES string of the molecule is CC/C=C/C=C/C=C/C=C/CCCCCCCC(=O)OC[C@H](COP(=O)(O)OC[C@@H](O)CO)OC(=O)CC/C=C/CCCCCCCCCCCCC. The molecule has 306 valence electrons. The molecular weight excluding hydrogens is 695 g/mol. The van der Waals surface area contributed by atoms with Crippen LogP contribution in [0.25, 0.3) is 0 Å². The lowest BCUT2D eigenvalue weighted by atomic mass is 10.1. The van der Waals surface area contributed by atoms with Gasteiger partial charge in [0.15, 0.2) is 6.10 Å². The van der Waals surface area contributed by atoms with Gasteiger partial charge in [-0.1, -0.05) is 158 Å². The van der Waals surface area contributed by atoms with Crippen molar-refractivity contribution < 1.29 is 47.8 Å². The molecule has 0 aromatic carbocycles. The number of phosphoric ester groups is 1. The van der Waals surface area contributed by atoms with Gasteiger partial charge in [0.1, 0.15) is 12.7 Å². The van der Waals surface area contributed by atoms with Crippen molar-refractivity contribution in [1.82, 2.24) is 0 Å². The van der Waals surface area contributed by atoms with E-state index < -0.39 is 51.8 Å². The van der Waals surface area contributed by atoms with Crippen LogP contribution in [0.1, 0.15) is 155 Å². The standard InChI is InChI=1S/C42H73O10P/c1-3-5-7-9-11-13-15-17-19-21-23-25-27-29-31-33-41(45)49-37-40(38-51-53(47,48)50-36-39(44)35-43)52-42(46)34-32-30-28-26-24-22-20-18-16-14-12-10-8-6-4-2/h5,7,9,11,13,15,17,19,28,30,39-40,43-44H,3-4,6,8,10,12,14,16,18,20-27,29,31-38H2,1-2H3,(H,47,48)/b7-5+,11-9+,15-13+,19-17+,30-28+/t39-,40+/m0/s1. The van der Waals surface area contributed by atoms with Crippen molar-refractivity contribution in [3.05, 3.63) is 60.8 Å². The molecule has 1 unspecified atom stereocenters. The van der Waals surface area contributed by atoms with Crippen LogP contribution in [0.4, 0.5) is 0 Å². The Labute approximate surface area is 321 Å². The van der Waals surface area contributed by atoms with Gasteiger partial charge < -0.3 is 24.6 Å². The average molecular weight is 769 g/mol. The molecule has 53 heavy (non-hydrogen) atoms. The minimum atomic E-state index is -4.63. The van der Waals surface area contributed by atoms with E-state index in [0.717, 1.165) is 51.4 Å². The number of esters is 2. The minimum Gasteiger partial charge on any atom is -0.462 e. The van der Waals surface area contributed by atoms with Gasteiger partial charge in [-0.2, -0.15) is 0 Å². The van der Waals surface area contributed by atoms with E-state index in [4.69, 9.17) is 19.1 Å². The second-order valence-corrected chi connectivity index (χ2v) is 14.8. The first-order valence-electron chi connectivity index (χ1n) is 20.3. The van der Waals surface area contributed by atoms with Crippen molar-refractivity contribution in [2.24, 2.45) is 0 Å². The lowest BCUT2D eigenvalue weighted by Gasteiger charge is -2.20. The first-order valence-corrected chi connectivity index (χ1v) is 21.8. The number of aliphatic hydroxyl groups excluding tert-OH is 2. The van der Waals surface area contributed by atoms with Gasteiger partial charge in [-0.25, -0.2) is 4.57 Å². The number of rotatable bonds is 37. The Morgan fingerprint density at radius 3 is 1.70 bits per heavy atom. The molecule has 0 heterocycles. The smallest absolute Gasteiger partial charge is 0.462 e. The summed E-state index contributed by atoms with van der Waals surface area (Å²) >= 11 is 0. The molecule has 10 nitrogen and oxygen atoms in total. The molecule has 0 saturated carbocycles. The number of hydrogen-bond donors (Lipinski definition) is 3. The van der Waals surface area contributed by atoms with Crippen LogP contribution in [0.5, 0.6) is 0 Å². The fourth-order valence-electron chi connectivity index (χ4n) is 5.14. The van der Waals surface area contributed by atoms with Crippen molar-refractivity contribution in [1.29, 1.82) is 0 Å². The molecule has 3 N–H and O–H groups in total. The topological polar surface area (TPSA) is 149 Å². The summed E-state index contributed by atoms with van der Waals surface area (Å²) in [7, 11) is -4.63. The Bertz CT molecular complexity index is 1070. The van der Waals surface area contributed by atoms with E-state index in [-0.39, 0.29) is 19.4 Å². The van der Waals surface area contributed by atoms with Crippen molar-refractivity contribution in [3.63, 3.8) is 0 Å². The molecule has 0 aliphatic carbocycles. The average Bonchev–Trinajstić information content (AvgIpc) is 3.14. The molecule has 0 aromatic heterocycles. The van der Waals surface area contributed by atoms with Crippen LogP contribution in [-0.2, 0) is 32.7 Å². The molecule has 0 saturated heterocycles. The number of aliphatic hydroxyl groups is 2. The summed E-state index contributed by atoms with van der Waals surface area (Å²) in [6, 6.07) is 0. The third-order valence-electron chi connectivity index (χ3n) is 8.26. The fraction of sp³-hybridized carbons (Fsp3) is 0.714. The third-order valence-corrected chi connectivity index (χ3v) is 9.21. The van der Waals surface area contributed by atoms with Crippen LogP contribution in [0.2, 0.25) is 0 Å². The first-order chi connectivity index (χ1) is 25.7. The minimum absolute atomic E-state index is 0.0932. The molecule has 0 aliphatic rings. The highest BCUT2D eigenvalue weighted by Gasteiger charge is 2.27. The summed E-state index contributed by atoms with van der Waals surface area (Å²) in [5.41, 5.74) is 0. The number of carbonyl (C=O) groups excluding carboxylic acids is 2. The Kier molecular flexibility index (Phi) is 36.3. The molecular formula is C42H73O10P. The third kappa shape index (κ3) is 37.8. The Balaban J connectivity index is 4.43. The van der Waals surface area contributed by atoms with Crippen molar-refractivity contribution in [3.8, 4) is 0 Å². The Morgan fingerprint density at radius 2 is 1.09 bits per heavy atom. The summed E-state index contributed by atoms with van der Waals surface area (Å²) in [6.07, 6.45) is 40.6. The number of ether oxygens (including phenoxy) is 2. The van der Waals surface area contributed by atoms with E-state index in [1.165, 1.54) is 64.2 Å². The molecule has 0 rings (SSSR count). The summed E-state index contributed by atoms with van der Waals surface area (Å²) < 4.78 is 32.6. The molecule has 0 aliphatic heterocycles. The molecule has 3 atom stereocenters. The van der Waals surface area contributed by atoms with Gasteiger partial charge in [0.25, 0.3) is 0 Å². The summed E-state index contributed by atoms with van der Waals surface area (Å²) in [4.78, 5) is 34.9. The maximum Gasteiger partial charge on any atom is 0.472 e. The van der Waals surface area contributed by atoms with Crippen molar-refractivity contribution >= 4 is 19.8 Å². The molecule has 0 radical (unpaired) electrons. The van der Waals surface area contributed by atoms with E-state index in [1.54, 1.807) is 0 Å². The van der Waals surface area contributed by atoms with Gasteiger partial charge in [0.05, 0.1) is 19.8 Å². The molecule has 11 heteroatoms. The number of allylic oxidation sites excluding steroid dienone is 10. The summed E-state index contributed by atoms with van der Waals surface area (Å²) in [6.45, 7) is 2.16. The van der Waals surface area contributed by atoms with E-state index in [2.05, 4.69) is 36.6 Å². The Morgan fingerprint density at radius 1 is 0.585 bits per heavy atom. The van der Waals surface area contributed by atoms with Crippen LogP contribution >= 0.6 is 7.82 Å². The Hall–Kier alpha value is -2.33. The molecule has 0 amide bonds. The molecule has 0 aromatic rings. The normalized spacial score (nSPS) is 14.6. The van der Waals surface area contributed by atoms with E-state index in [1.807, 2.05) is 42.5 Å². The van der Waals surface area contributed by atoms with Gasteiger partial charge >= 0.3 is 19.8 Å². The highest BCUT2D eigenvalue weighted by molar-refractivity contribution is 7.47. The largest absolute Gasteiger partial charge is 0.472 e. The number of hydrogen-bond acceptors (Lipinski definition) is 9. The van der Waals surface area contributed by atoms with Crippen molar-refractivity contribution in [2.75, 3.05) is 26.4 Å². The number of phosphoric acid groups is 1. The zero-order valence-electron chi connectivity index (χ0n) is 33.0. The fourth-order valence-corrected chi connectivity index (χ4v) is 5.93. The van der Waals surface area contributed by atoms with Crippen LogP contribution in [0.3, 0.4) is 0 Å². The van der Waals surface area contributed by atoms with Crippen molar-refractivity contribution in [2.45, 2.75) is 167 Å². The molecule has 0 fully saturated rings. The monoisotopic (exact) mass is 768 g/mol. The zero-order chi connectivity index (χ0) is 39.1. The van der Waals surface area contributed by atoms with Gasteiger partial charge in [0, 0.05) is 12.8 Å². The maximum atomic E-state index is 12.6. The molecule has 0 bridgehead atoms. The van der Waals surface area contributed by atoms with Gasteiger partial charge in [-0.05, 0) is 44.9 Å². The van der Waals surface area contributed by atoms with Crippen LogP contribution in [0, 0.1) is 0 Å². The predicted octanol–water partition coefficient (Wildman–Crippen LogP) is 10.3. The highest BCUT2D eigenvalue weighted by atomic mass is 31.2. The summed E-state index contributed by atoms with van der Waals surface area (Å²) in [5, 5.41) is 18.3. The van der Waals surface area contributed by atoms with Gasteiger partial charge in [0.2, 0.25) is 0 Å². The predicted molar refractivity (Wildman–Crippen MR) is 214 cm³/mol. The molecule has 0 spiro atoms. The lowest BCUT2D eigenvalue weighted by molar-refractivity contribution is -0.161.